The second kappa shape index (κ2) is 7.43. The SMILES string of the molecule is Cc1ccc(NC(=O)c2ccc(/C=C3\SC(=S)N(C)C3=O)cc2)c(C)c1. The molecule has 2 aromatic rings. The van der Waals surface area contributed by atoms with Crippen LogP contribution in [-0.4, -0.2) is 28.1 Å². The minimum atomic E-state index is -0.164. The first-order valence-corrected chi connectivity index (χ1v) is 9.28. The van der Waals surface area contributed by atoms with Crippen LogP contribution in [0.1, 0.15) is 27.0 Å². The Morgan fingerprint density at radius 2 is 1.85 bits per heavy atom. The molecule has 1 aliphatic rings. The van der Waals surface area contributed by atoms with E-state index in [2.05, 4.69) is 5.32 Å². The van der Waals surface area contributed by atoms with Gasteiger partial charge in [0.15, 0.2) is 0 Å². The highest BCUT2D eigenvalue weighted by Crippen LogP contribution is 2.31. The predicted molar refractivity (Wildman–Crippen MR) is 111 cm³/mol. The van der Waals surface area contributed by atoms with E-state index in [1.165, 1.54) is 16.7 Å². The summed E-state index contributed by atoms with van der Waals surface area (Å²) in [5.41, 5.74) is 4.39. The molecule has 1 N–H and O–H groups in total. The molecule has 1 fully saturated rings. The molecule has 1 aliphatic heterocycles. The number of carbonyl (C=O) groups is 2. The zero-order chi connectivity index (χ0) is 18.8. The number of nitrogens with zero attached hydrogens (tertiary/aromatic N) is 1. The number of rotatable bonds is 3. The van der Waals surface area contributed by atoms with Crippen LogP contribution < -0.4 is 5.32 Å². The molecule has 0 spiro atoms. The molecule has 0 radical (unpaired) electrons. The molecule has 3 rings (SSSR count). The molecule has 4 nitrogen and oxygen atoms in total. The molecule has 0 aromatic heterocycles. The van der Waals surface area contributed by atoms with Gasteiger partial charge in [-0.15, -0.1) is 0 Å². The van der Waals surface area contributed by atoms with Gasteiger partial charge in [0.05, 0.1) is 4.91 Å². The Kier molecular flexibility index (Phi) is 5.25. The van der Waals surface area contributed by atoms with Crippen molar-refractivity contribution in [1.82, 2.24) is 4.90 Å². The number of hydrogen-bond acceptors (Lipinski definition) is 4. The van der Waals surface area contributed by atoms with E-state index in [4.69, 9.17) is 12.2 Å². The third-order valence-electron chi connectivity index (χ3n) is 4.09. The highest BCUT2D eigenvalue weighted by molar-refractivity contribution is 8.26. The van der Waals surface area contributed by atoms with E-state index in [-0.39, 0.29) is 11.8 Å². The molecule has 2 aromatic carbocycles. The highest BCUT2D eigenvalue weighted by Gasteiger charge is 2.28. The third-order valence-corrected chi connectivity index (χ3v) is 5.57. The molecular formula is C20H18N2O2S2. The van der Waals surface area contributed by atoms with Crippen molar-refractivity contribution in [1.29, 1.82) is 0 Å². The summed E-state index contributed by atoms with van der Waals surface area (Å²) in [5.74, 6) is -0.264. The van der Waals surface area contributed by atoms with Crippen molar-refractivity contribution in [2.75, 3.05) is 12.4 Å². The highest BCUT2D eigenvalue weighted by atomic mass is 32.2. The van der Waals surface area contributed by atoms with E-state index in [0.717, 1.165) is 22.4 Å². The number of benzene rings is 2. The molecule has 1 saturated heterocycles. The van der Waals surface area contributed by atoms with Crippen LogP contribution in [0.2, 0.25) is 0 Å². The van der Waals surface area contributed by atoms with Crippen molar-refractivity contribution >= 4 is 51.9 Å². The van der Waals surface area contributed by atoms with Gasteiger partial charge in [0.1, 0.15) is 4.32 Å². The van der Waals surface area contributed by atoms with Crippen LogP contribution in [0.25, 0.3) is 6.08 Å². The minimum Gasteiger partial charge on any atom is -0.322 e. The third kappa shape index (κ3) is 3.86. The summed E-state index contributed by atoms with van der Waals surface area (Å²) < 4.78 is 0.547. The van der Waals surface area contributed by atoms with Crippen LogP contribution >= 0.6 is 24.0 Å². The van der Waals surface area contributed by atoms with E-state index < -0.39 is 0 Å². The smallest absolute Gasteiger partial charge is 0.265 e. The van der Waals surface area contributed by atoms with Crippen LogP contribution in [0.15, 0.2) is 47.4 Å². The second-order valence-electron chi connectivity index (χ2n) is 6.14. The number of anilines is 1. The van der Waals surface area contributed by atoms with Gasteiger partial charge in [-0.05, 0) is 49.2 Å². The lowest BCUT2D eigenvalue weighted by Crippen LogP contribution is -2.22. The maximum atomic E-state index is 12.4. The number of aryl methyl sites for hydroxylation is 2. The van der Waals surface area contributed by atoms with Crippen molar-refractivity contribution in [3.8, 4) is 0 Å². The zero-order valence-corrected chi connectivity index (χ0v) is 16.3. The topological polar surface area (TPSA) is 49.4 Å². The molecule has 0 unspecified atom stereocenters. The Balaban J connectivity index is 1.74. The number of carbonyl (C=O) groups excluding carboxylic acids is 2. The van der Waals surface area contributed by atoms with Crippen molar-refractivity contribution in [2.24, 2.45) is 0 Å². The summed E-state index contributed by atoms with van der Waals surface area (Å²) in [4.78, 5) is 26.5. The monoisotopic (exact) mass is 382 g/mol. The largest absolute Gasteiger partial charge is 0.322 e. The van der Waals surface area contributed by atoms with E-state index >= 15 is 0 Å². The van der Waals surface area contributed by atoms with Crippen molar-refractivity contribution in [2.45, 2.75) is 13.8 Å². The number of thioether (sulfide) groups is 1. The average Bonchev–Trinajstić information content (AvgIpc) is 2.85. The van der Waals surface area contributed by atoms with E-state index in [0.29, 0.717) is 14.8 Å². The average molecular weight is 383 g/mol. The van der Waals surface area contributed by atoms with Crippen LogP contribution in [0.5, 0.6) is 0 Å². The van der Waals surface area contributed by atoms with Gasteiger partial charge in [-0.1, -0.05) is 53.8 Å². The van der Waals surface area contributed by atoms with E-state index in [1.54, 1.807) is 25.3 Å². The first kappa shape index (κ1) is 18.4. The van der Waals surface area contributed by atoms with Crippen LogP contribution in [0, 0.1) is 13.8 Å². The molecule has 132 valence electrons. The lowest BCUT2D eigenvalue weighted by Gasteiger charge is -2.09. The van der Waals surface area contributed by atoms with E-state index in [1.807, 2.05) is 44.2 Å². The maximum absolute atomic E-state index is 12.4. The zero-order valence-electron chi connectivity index (χ0n) is 14.7. The maximum Gasteiger partial charge on any atom is 0.265 e. The molecule has 0 atom stereocenters. The summed E-state index contributed by atoms with van der Waals surface area (Å²) in [6, 6.07) is 13.0. The summed E-state index contributed by atoms with van der Waals surface area (Å²) in [7, 11) is 1.67. The van der Waals surface area contributed by atoms with Gasteiger partial charge in [0, 0.05) is 18.3 Å². The van der Waals surface area contributed by atoms with Crippen molar-refractivity contribution in [3.05, 3.63) is 69.6 Å². The van der Waals surface area contributed by atoms with Gasteiger partial charge in [-0.25, -0.2) is 0 Å². The fourth-order valence-electron chi connectivity index (χ4n) is 2.58. The molecule has 0 saturated carbocycles. The second-order valence-corrected chi connectivity index (χ2v) is 7.81. The lowest BCUT2D eigenvalue weighted by atomic mass is 10.1. The number of thiocarbonyl (C=S) groups is 1. The van der Waals surface area contributed by atoms with Crippen LogP contribution in [0.4, 0.5) is 5.69 Å². The number of nitrogens with one attached hydrogen (secondary N) is 1. The number of amides is 2. The van der Waals surface area contributed by atoms with Gasteiger partial charge in [0.25, 0.3) is 11.8 Å². The first-order chi connectivity index (χ1) is 12.3. The van der Waals surface area contributed by atoms with Crippen LogP contribution in [-0.2, 0) is 4.79 Å². The molecular weight excluding hydrogens is 364 g/mol. The summed E-state index contributed by atoms with van der Waals surface area (Å²) in [6.45, 7) is 3.99. The van der Waals surface area contributed by atoms with Gasteiger partial charge in [-0.3, -0.25) is 14.5 Å². The molecule has 2 amide bonds. The van der Waals surface area contributed by atoms with Gasteiger partial charge >= 0.3 is 0 Å². The fourth-order valence-corrected chi connectivity index (χ4v) is 3.76. The Morgan fingerprint density at radius 1 is 1.15 bits per heavy atom. The predicted octanol–water partition coefficient (Wildman–Crippen LogP) is 4.39. The fraction of sp³-hybridized carbons (Fsp3) is 0.150. The van der Waals surface area contributed by atoms with Crippen molar-refractivity contribution in [3.63, 3.8) is 0 Å². The van der Waals surface area contributed by atoms with Gasteiger partial charge in [0.2, 0.25) is 0 Å². The summed E-state index contributed by atoms with van der Waals surface area (Å²) in [5, 5.41) is 2.93. The molecule has 0 aliphatic carbocycles. The molecule has 6 heteroatoms. The lowest BCUT2D eigenvalue weighted by molar-refractivity contribution is -0.121. The number of likely N-dealkylation sites (N-methyl/N-ethyl adjacent to an activating group) is 1. The summed E-state index contributed by atoms with van der Waals surface area (Å²) in [6.07, 6.45) is 1.79. The molecule has 26 heavy (non-hydrogen) atoms. The summed E-state index contributed by atoms with van der Waals surface area (Å²) >= 11 is 6.40. The van der Waals surface area contributed by atoms with E-state index in [9.17, 15) is 9.59 Å². The minimum absolute atomic E-state index is 0.100. The quantitative estimate of drug-likeness (QED) is 0.632. The van der Waals surface area contributed by atoms with Crippen molar-refractivity contribution < 1.29 is 9.59 Å². The Morgan fingerprint density at radius 3 is 2.42 bits per heavy atom. The van der Waals surface area contributed by atoms with Gasteiger partial charge < -0.3 is 5.32 Å². The standard InChI is InChI=1S/C20H18N2O2S2/c1-12-4-9-16(13(2)10-12)21-18(23)15-7-5-14(6-8-15)11-17-19(24)22(3)20(25)26-17/h4-11H,1-3H3,(H,21,23)/b17-11-. The normalized spacial score (nSPS) is 15.7. The Bertz CT molecular complexity index is 933. The molecule has 1 heterocycles. The van der Waals surface area contributed by atoms with Gasteiger partial charge in [-0.2, -0.15) is 0 Å². The first-order valence-electron chi connectivity index (χ1n) is 8.05. The number of hydrogen-bond donors (Lipinski definition) is 1. The molecule has 0 bridgehead atoms. The Hall–Kier alpha value is -2.44. The Labute approximate surface area is 162 Å². The van der Waals surface area contributed by atoms with Crippen LogP contribution in [0.3, 0.4) is 0 Å².